The fourth-order valence-electron chi connectivity index (χ4n) is 3.93. The molecule has 6 heteroatoms. The van der Waals surface area contributed by atoms with Gasteiger partial charge in [0.15, 0.2) is 0 Å². The molecule has 3 aromatic rings. The van der Waals surface area contributed by atoms with Gasteiger partial charge in [0.05, 0.1) is 11.7 Å². The number of hydrogen-bond donors (Lipinski definition) is 1. The Bertz CT molecular complexity index is 1080. The first-order chi connectivity index (χ1) is 14.5. The second kappa shape index (κ2) is 8.71. The standard InChI is InChI=1S/C24H27N3O3/c1-26(2)18-11-9-17(10-12-18)15-27(16-19-6-5-13-30-19)24(29)21-14-23(28)25-22-8-4-3-7-20(21)22/h3-4,7-12,14,19H,5-6,13,15-16H2,1-2H3,(H,25,28). The van der Waals surface area contributed by atoms with E-state index < -0.39 is 0 Å². The van der Waals surface area contributed by atoms with E-state index in [-0.39, 0.29) is 17.6 Å². The molecule has 30 heavy (non-hydrogen) atoms. The molecule has 1 atom stereocenters. The molecule has 0 saturated carbocycles. The average molecular weight is 405 g/mol. The number of fused-ring (bicyclic) bond motifs is 1. The van der Waals surface area contributed by atoms with Crippen molar-refractivity contribution in [2.45, 2.75) is 25.5 Å². The summed E-state index contributed by atoms with van der Waals surface area (Å²) < 4.78 is 5.80. The van der Waals surface area contributed by atoms with Gasteiger partial charge in [0.1, 0.15) is 0 Å². The number of anilines is 1. The van der Waals surface area contributed by atoms with Crippen LogP contribution in [0, 0.1) is 0 Å². The summed E-state index contributed by atoms with van der Waals surface area (Å²) in [6, 6.07) is 17.0. The zero-order valence-corrected chi connectivity index (χ0v) is 17.4. The van der Waals surface area contributed by atoms with Crippen LogP contribution in [0.25, 0.3) is 10.9 Å². The fraction of sp³-hybridized carbons (Fsp3) is 0.333. The highest BCUT2D eigenvalue weighted by molar-refractivity contribution is 6.05. The van der Waals surface area contributed by atoms with Crippen LogP contribution in [0.15, 0.2) is 59.4 Å². The van der Waals surface area contributed by atoms with E-state index in [1.807, 2.05) is 72.4 Å². The normalized spacial score (nSPS) is 16.0. The van der Waals surface area contributed by atoms with Gasteiger partial charge in [0.2, 0.25) is 5.56 Å². The first kappa shape index (κ1) is 20.2. The zero-order chi connectivity index (χ0) is 21.1. The highest BCUT2D eigenvalue weighted by atomic mass is 16.5. The second-order valence-corrected chi connectivity index (χ2v) is 7.97. The van der Waals surface area contributed by atoms with Crippen LogP contribution in [0.3, 0.4) is 0 Å². The molecule has 1 aromatic heterocycles. The Hall–Kier alpha value is -3.12. The number of carbonyl (C=O) groups excluding carboxylic acids is 1. The van der Waals surface area contributed by atoms with Crippen molar-refractivity contribution < 1.29 is 9.53 Å². The number of aromatic amines is 1. The van der Waals surface area contributed by atoms with Crippen LogP contribution >= 0.6 is 0 Å². The minimum absolute atomic E-state index is 0.0308. The Labute approximate surface area is 176 Å². The fourth-order valence-corrected chi connectivity index (χ4v) is 3.93. The van der Waals surface area contributed by atoms with Gasteiger partial charge in [-0.15, -0.1) is 0 Å². The summed E-state index contributed by atoms with van der Waals surface area (Å²) in [5, 5.41) is 0.752. The number of H-pyrrole nitrogens is 1. The summed E-state index contributed by atoms with van der Waals surface area (Å²) >= 11 is 0. The van der Waals surface area contributed by atoms with Crippen molar-refractivity contribution in [2.24, 2.45) is 0 Å². The van der Waals surface area contributed by atoms with Crippen LogP contribution in [0.2, 0.25) is 0 Å². The van der Waals surface area contributed by atoms with Crippen LogP contribution in [0.1, 0.15) is 28.8 Å². The van der Waals surface area contributed by atoms with E-state index in [2.05, 4.69) is 4.98 Å². The van der Waals surface area contributed by atoms with E-state index in [1.165, 1.54) is 6.07 Å². The van der Waals surface area contributed by atoms with E-state index in [0.29, 0.717) is 24.2 Å². The van der Waals surface area contributed by atoms with Gasteiger partial charge in [-0.05, 0) is 36.6 Å². The number of para-hydroxylation sites is 1. The van der Waals surface area contributed by atoms with Gasteiger partial charge < -0.3 is 19.5 Å². The van der Waals surface area contributed by atoms with E-state index >= 15 is 0 Å². The topological polar surface area (TPSA) is 65.6 Å². The molecule has 1 amide bonds. The summed E-state index contributed by atoms with van der Waals surface area (Å²) in [6.07, 6.45) is 1.99. The Morgan fingerprint density at radius 2 is 1.90 bits per heavy atom. The predicted octanol–water partition coefficient (Wildman–Crippen LogP) is 3.42. The molecule has 6 nitrogen and oxygen atoms in total. The third kappa shape index (κ3) is 4.39. The molecule has 156 valence electrons. The Kier molecular flexibility index (Phi) is 5.86. The van der Waals surface area contributed by atoms with Crippen molar-refractivity contribution >= 4 is 22.5 Å². The van der Waals surface area contributed by atoms with Gasteiger partial charge in [-0.2, -0.15) is 0 Å². The lowest BCUT2D eigenvalue weighted by Crippen LogP contribution is -2.37. The van der Waals surface area contributed by atoms with E-state index in [1.54, 1.807) is 0 Å². The molecule has 2 heterocycles. The summed E-state index contributed by atoms with van der Waals surface area (Å²) in [4.78, 5) is 32.4. The molecule has 4 rings (SSSR count). The molecule has 1 N–H and O–H groups in total. The molecule has 0 radical (unpaired) electrons. The molecule has 1 unspecified atom stereocenters. The van der Waals surface area contributed by atoms with Crippen molar-refractivity contribution in [3.05, 3.63) is 76.1 Å². The summed E-state index contributed by atoms with van der Waals surface area (Å²) in [5.41, 5.74) is 2.97. The quantitative estimate of drug-likeness (QED) is 0.683. The molecule has 0 aliphatic carbocycles. The number of nitrogens with one attached hydrogen (secondary N) is 1. The monoisotopic (exact) mass is 405 g/mol. The largest absolute Gasteiger partial charge is 0.378 e. The van der Waals surface area contributed by atoms with Crippen LogP contribution in [0.5, 0.6) is 0 Å². The summed E-state index contributed by atoms with van der Waals surface area (Å²) in [6.45, 7) is 1.71. The molecule has 0 bridgehead atoms. The van der Waals surface area contributed by atoms with Gasteiger partial charge in [-0.1, -0.05) is 30.3 Å². The Balaban J connectivity index is 1.67. The number of benzene rings is 2. The van der Waals surface area contributed by atoms with Crippen molar-refractivity contribution in [2.75, 3.05) is 32.1 Å². The summed E-state index contributed by atoms with van der Waals surface area (Å²) in [5.74, 6) is -0.149. The highest BCUT2D eigenvalue weighted by Gasteiger charge is 2.25. The maximum absolute atomic E-state index is 13.6. The first-order valence-corrected chi connectivity index (χ1v) is 10.3. The third-order valence-corrected chi connectivity index (χ3v) is 5.54. The number of rotatable bonds is 6. The minimum atomic E-state index is -0.274. The Morgan fingerprint density at radius 3 is 2.60 bits per heavy atom. The van der Waals surface area contributed by atoms with Gasteiger partial charge in [-0.25, -0.2) is 0 Å². The molecular weight excluding hydrogens is 378 g/mol. The van der Waals surface area contributed by atoms with Crippen LogP contribution in [-0.2, 0) is 11.3 Å². The predicted molar refractivity (Wildman–Crippen MR) is 119 cm³/mol. The first-order valence-electron chi connectivity index (χ1n) is 10.3. The summed E-state index contributed by atoms with van der Waals surface area (Å²) in [7, 11) is 4.00. The number of ether oxygens (including phenoxy) is 1. The minimum Gasteiger partial charge on any atom is -0.378 e. The van der Waals surface area contributed by atoms with E-state index in [9.17, 15) is 9.59 Å². The number of pyridine rings is 1. The van der Waals surface area contributed by atoms with Crippen molar-refractivity contribution in [1.82, 2.24) is 9.88 Å². The van der Waals surface area contributed by atoms with Gasteiger partial charge >= 0.3 is 0 Å². The molecule has 0 spiro atoms. The molecule has 1 aliphatic rings. The molecule has 1 saturated heterocycles. The number of carbonyl (C=O) groups is 1. The lowest BCUT2D eigenvalue weighted by atomic mass is 10.1. The zero-order valence-electron chi connectivity index (χ0n) is 17.4. The van der Waals surface area contributed by atoms with Gasteiger partial charge in [0, 0.05) is 56.4 Å². The van der Waals surface area contributed by atoms with Gasteiger partial charge in [-0.3, -0.25) is 9.59 Å². The number of aromatic nitrogens is 1. The van der Waals surface area contributed by atoms with Crippen LogP contribution in [0.4, 0.5) is 5.69 Å². The van der Waals surface area contributed by atoms with Crippen LogP contribution < -0.4 is 10.5 Å². The molecular formula is C24H27N3O3. The van der Waals surface area contributed by atoms with Crippen molar-refractivity contribution in [3.63, 3.8) is 0 Å². The maximum atomic E-state index is 13.6. The highest BCUT2D eigenvalue weighted by Crippen LogP contribution is 2.21. The van der Waals surface area contributed by atoms with Crippen molar-refractivity contribution in [1.29, 1.82) is 0 Å². The van der Waals surface area contributed by atoms with E-state index in [4.69, 9.17) is 4.74 Å². The lowest BCUT2D eigenvalue weighted by molar-refractivity contribution is 0.0508. The maximum Gasteiger partial charge on any atom is 0.255 e. The SMILES string of the molecule is CN(C)c1ccc(CN(CC2CCCO2)C(=O)c2cc(=O)[nH]c3ccccc23)cc1. The number of nitrogens with zero attached hydrogens (tertiary/aromatic N) is 2. The molecule has 1 fully saturated rings. The van der Waals surface area contributed by atoms with E-state index in [0.717, 1.165) is 36.1 Å². The van der Waals surface area contributed by atoms with Crippen LogP contribution in [-0.4, -0.2) is 49.1 Å². The number of hydrogen-bond acceptors (Lipinski definition) is 4. The third-order valence-electron chi connectivity index (χ3n) is 5.54. The van der Waals surface area contributed by atoms with Gasteiger partial charge in [0.25, 0.3) is 5.91 Å². The van der Waals surface area contributed by atoms with Crippen molar-refractivity contribution in [3.8, 4) is 0 Å². The molecule has 2 aromatic carbocycles. The molecule has 1 aliphatic heterocycles. The Morgan fingerprint density at radius 1 is 1.13 bits per heavy atom. The average Bonchev–Trinajstić information content (AvgIpc) is 3.25. The second-order valence-electron chi connectivity index (χ2n) is 7.97. The lowest BCUT2D eigenvalue weighted by Gasteiger charge is -2.26. The number of amides is 1. The smallest absolute Gasteiger partial charge is 0.255 e.